The molecule has 0 amide bonds. The number of aromatic amines is 1. The van der Waals surface area contributed by atoms with Crippen molar-refractivity contribution in [2.75, 3.05) is 6.54 Å². The van der Waals surface area contributed by atoms with E-state index in [0.29, 0.717) is 0 Å². The summed E-state index contributed by atoms with van der Waals surface area (Å²) in [5, 5.41) is 8.72. The largest absolute Gasteiger partial charge is 0.290 e. The smallest absolute Gasteiger partial charge is 0.123 e. The number of nitrogens with one attached hydrogen (secondary N) is 1. The van der Waals surface area contributed by atoms with Crippen LogP contribution in [0.25, 0.3) is 22.0 Å². The molecule has 0 saturated carbocycles. The molecule has 0 aliphatic carbocycles. The van der Waals surface area contributed by atoms with Crippen LogP contribution in [0.3, 0.4) is 0 Å². The predicted molar refractivity (Wildman–Crippen MR) is 108 cm³/mol. The van der Waals surface area contributed by atoms with Crippen LogP contribution >= 0.6 is 0 Å². The summed E-state index contributed by atoms with van der Waals surface area (Å²) in [6.45, 7) is 1.92. The predicted octanol–water partition coefficient (Wildman–Crippen LogP) is 5.10. The number of halogens is 1. The number of hydrogen-bond acceptors (Lipinski definition) is 3. The minimum Gasteiger partial charge on any atom is -0.290 e. The molecule has 1 unspecified atom stereocenters. The Morgan fingerprint density at radius 3 is 2.82 bits per heavy atom. The van der Waals surface area contributed by atoms with Crippen LogP contribution in [0.4, 0.5) is 4.39 Å². The maximum Gasteiger partial charge on any atom is 0.123 e. The fourth-order valence-electron chi connectivity index (χ4n) is 4.26. The summed E-state index contributed by atoms with van der Waals surface area (Å²) in [5.74, 6) is -0.221. The van der Waals surface area contributed by atoms with Crippen molar-refractivity contribution in [3.63, 3.8) is 0 Å². The summed E-state index contributed by atoms with van der Waals surface area (Å²) in [6.07, 6.45) is 5.97. The van der Waals surface area contributed by atoms with Crippen molar-refractivity contribution >= 4 is 10.9 Å². The number of pyridine rings is 1. The quantitative estimate of drug-likeness (QED) is 0.542. The van der Waals surface area contributed by atoms with Gasteiger partial charge < -0.3 is 0 Å². The molecule has 1 aliphatic heterocycles. The van der Waals surface area contributed by atoms with Gasteiger partial charge in [0.25, 0.3) is 0 Å². The third kappa shape index (κ3) is 3.08. The van der Waals surface area contributed by atoms with Gasteiger partial charge in [-0.1, -0.05) is 30.3 Å². The maximum absolute atomic E-state index is 13.3. The van der Waals surface area contributed by atoms with Crippen LogP contribution in [0.5, 0.6) is 0 Å². The SMILES string of the molecule is Fc1ccc(-c2cn[nH]c2C2CCCN2Cc2ccnc3ccccc23)cc1. The number of hydrogen-bond donors (Lipinski definition) is 1. The molecule has 0 spiro atoms. The molecule has 5 rings (SSSR count). The molecule has 1 atom stereocenters. The molecule has 4 nitrogen and oxygen atoms in total. The highest BCUT2D eigenvalue weighted by Gasteiger charge is 2.29. The first-order chi connectivity index (χ1) is 13.8. The molecule has 140 valence electrons. The monoisotopic (exact) mass is 372 g/mol. The van der Waals surface area contributed by atoms with Gasteiger partial charge in [-0.05, 0) is 54.8 Å². The van der Waals surface area contributed by atoms with Crippen molar-refractivity contribution in [3.05, 3.63) is 84.1 Å². The molecule has 1 fully saturated rings. The standard InChI is InChI=1S/C23H21FN4/c24-18-9-7-16(8-10-18)20-14-26-27-23(20)22-6-3-13-28(22)15-17-11-12-25-21-5-2-1-4-19(17)21/h1-2,4-5,7-12,14,22H,3,6,13,15H2,(H,26,27). The molecular weight excluding hydrogens is 351 g/mol. The molecule has 1 N–H and O–H groups in total. The Balaban J connectivity index is 1.47. The maximum atomic E-state index is 13.3. The highest BCUT2D eigenvalue weighted by Crippen LogP contribution is 2.37. The van der Waals surface area contributed by atoms with Gasteiger partial charge in [-0.25, -0.2) is 4.39 Å². The van der Waals surface area contributed by atoms with E-state index in [2.05, 4.69) is 44.3 Å². The van der Waals surface area contributed by atoms with Gasteiger partial charge in [0.15, 0.2) is 0 Å². The zero-order valence-electron chi connectivity index (χ0n) is 15.5. The molecular formula is C23H21FN4. The van der Waals surface area contributed by atoms with Gasteiger partial charge >= 0.3 is 0 Å². The zero-order chi connectivity index (χ0) is 18.9. The van der Waals surface area contributed by atoms with E-state index in [9.17, 15) is 4.39 Å². The van der Waals surface area contributed by atoms with Crippen LogP contribution in [0.1, 0.15) is 30.1 Å². The molecule has 28 heavy (non-hydrogen) atoms. The normalized spacial score (nSPS) is 17.4. The fourth-order valence-corrected chi connectivity index (χ4v) is 4.26. The van der Waals surface area contributed by atoms with Gasteiger partial charge in [-0.15, -0.1) is 0 Å². The molecule has 4 aromatic rings. The third-order valence-corrected chi connectivity index (χ3v) is 5.63. The number of likely N-dealkylation sites (tertiary alicyclic amines) is 1. The van der Waals surface area contributed by atoms with Gasteiger partial charge in [0.05, 0.1) is 23.4 Å². The summed E-state index contributed by atoms with van der Waals surface area (Å²) in [5.41, 5.74) is 5.48. The number of fused-ring (bicyclic) bond motifs is 1. The van der Waals surface area contributed by atoms with E-state index in [0.717, 1.165) is 48.3 Å². The summed E-state index contributed by atoms with van der Waals surface area (Å²) < 4.78 is 13.3. The van der Waals surface area contributed by atoms with Crippen molar-refractivity contribution in [2.45, 2.75) is 25.4 Å². The van der Waals surface area contributed by atoms with Crippen LogP contribution < -0.4 is 0 Å². The second-order valence-electron chi connectivity index (χ2n) is 7.32. The second kappa shape index (κ2) is 7.17. The first-order valence-electron chi connectivity index (χ1n) is 9.65. The Morgan fingerprint density at radius 2 is 1.93 bits per heavy atom. The van der Waals surface area contributed by atoms with E-state index in [1.807, 2.05) is 30.6 Å². The molecule has 2 aromatic heterocycles. The third-order valence-electron chi connectivity index (χ3n) is 5.63. The molecule has 0 radical (unpaired) electrons. The van der Waals surface area contributed by atoms with Crippen LogP contribution in [-0.2, 0) is 6.54 Å². The molecule has 0 bridgehead atoms. The van der Waals surface area contributed by atoms with E-state index >= 15 is 0 Å². The minimum absolute atomic E-state index is 0.221. The Morgan fingerprint density at radius 1 is 1.07 bits per heavy atom. The van der Waals surface area contributed by atoms with Gasteiger partial charge in [0, 0.05) is 23.7 Å². The van der Waals surface area contributed by atoms with Gasteiger partial charge in [-0.3, -0.25) is 15.0 Å². The number of rotatable bonds is 4. The van der Waals surface area contributed by atoms with Crippen molar-refractivity contribution in [1.82, 2.24) is 20.1 Å². The highest BCUT2D eigenvalue weighted by atomic mass is 19.1. The molecule has 5 heteroatoms. The van der Waals surface area contributed by atoms with Crippen molar-refractivity contribution in [1.29, 1.82) is 0 Å². The van der Waals surface area contributed by atoms with Crippen molar-refractivity contribution in [2.24, 2.45) is 0 Å². The average Bonchev–Trinajstić information content (AvgIpc) is 3.38. The van der Waals surface area contributed by atoms with E-state index in [-0.39, 0.29) is 11.9 Å². The van der Waals surface area contributed by atoms with Crippen LogP contribution in [0, 0.1) is 5.82 Å². The lowest BCUT2D eigenvalue weighted by molar-refractivity contribution is 0.245. The molecule has 1 aliphatic rings. The van der Waals surface area contributed by atoms with Crippen molar-refractivity contribution in [3.8, 4) is 11.1 Å². The summed E-state index contributed by atoms with van der Waals surface area (Å²) in [4.78, 5) is 6.98. The van der Waals surface area contributed by atoms with Gasteiger partial charge in [0.2, 0.25) is 0 Å². The Hall–Kier alpha value is -3.05. The first kappa shape index (κ1) is 17.1. The number of aromatic nitrogens is 3. The van der Waals surface area contributed by atoms with E-state index in [1.165, 1.54) is 23.1 Å². The Labute approximate surface area is 163 Å². The van der Waals surface area contributed by atoms with E-state index in [4.69, 9.17) is 0 Å². The summed E-state index contributed by atoms with van der Waals surface area (Å²) in [6, 6.07) is 17.3. The average molecular weight is 372 g/mol. The lowest BCUT2D eigenvalue weighted by Crippen LogP contribution is -2.23. The zero-order valence-corrected chi connectivity index (χ0v) is 15.5. The molecule has 2 aromatic carbocycles. The Kier molecular flexibility index (Phi) is 4.37. The number of benzene rings is 2. The molecule has 3 heterocycles. The number of H-pyrrole nitrogens is 1. The fraction of sp³-hybridized carbons (Fsp3) is 0.217. The topological polar surface area (TPSA) is 44.8 Å². The number of para-hydroxylation sites is 1. The van der Waals surface area contributed by atoms with Gasteiger partial charge in [-0.2, -0.15) is 5.10 Å². The van der Waals surface area contributed by atoms with Crippen LogP contribution in [-0.4, -0.2) is 26.6 Å². The summed E-state index contributed by atoms with van der Waals surface area (Å²) in [7, 11) is 0. The highest BCUT2D eigenvalue weighted by molar-refractivity contribution is 5.81. The second-order valence-corrected chi connectivity index (χ2v) is 7.32. The lowest BCUT2D eigenvalue weighted by Gasteiger charge is -2.25. The molecule has 1 saturated heterocycles. The minimum atomic E-state index is -0.221. The van der Waals surface area contributed by atoms with Crippen molar-refractivity contribution < 1.29 is 4.39 Å². The lowest BCUT2D eigenvalue weighted by atomic mass is 10.0. The Bertz CT molecular complexity index is 1100. The van der Waals surface area contributed by atoms with Gasteiger partial charge in [0.1, 0.15) is 5.82 Å². The van der Waals surface area contributed by atoms with E-state index in [1.54, 1.807) is 0 Å². The first-order valence-corrected chi connectivity index (χ1v) is 9.65. The van der Waals surface area contributed by atoms with Crippen LogP contribution in [0.15, 0.2) is 67.0 Å². The summed E-state index contributed by atoms with van der Waals surface area (Å²) >= 11 is 0. The number of nitrogens with zero attached hydrogens (tertiary/aromatic N) is 3. The van der Waals surface area contributed by atoms with E-state index < -0.39 is 0 Å². The van der Waals surface area contributed by atoms with Crippen LogP contribution in [0.2, 0.25) is 0 Å².